The molecule has 6 nitrogen and oxygen atoms in total. The number of benzene rings is 2. The maximum Gasteiger partial charge on any atom is 0.231 e. The first-order chi connectivity index (χ1) is 14.6. The topological polar surface area (TPSA) is 64.7 Å². The number of sulfonamides is 1. The van der Waals surface area contributed by atoms with Gasteiger partial charge < -0.3 is 15.5 Å². The van der Waals surface area contributed by atoms with Gasteiger partial charge in [-0.05, 0) is 73.8 Å². The smallest absolute Gasteiger partial charge is 0.231 e. The van der Waals surface area contributed by atoms with Crippen molar-refractivity contribution < 1.29 is 8.42 Å². The third kappa shape index (κ3) is 6.33. The molecule has 8 heteroatoms. The van der Waals surface area contributed by atoms with Gasteiger partial charge in [-0.25, -0.2) is 8.42 Å². The van der Waals surface area contributed by atoms with E-state index in [1.165, 1.54) is 36.1 Å². The van der Waals surface area contributed by atoms with Gasteiger partial charge in [-0.1, -0.05) is 25.1 Å². The normalized spacial score (nSPS) is 15.9. The van der Waals surface area contributed by atoms with Crippen LogP contribution in [-0.4, -0.2) is 39.9 Å². The van der Waals surface area contributed by atoms with Crippen molar-refractivity contribution in [1.82, 2.24) is 5.32 Å². The Hall–Kier alpha value is -2.32. The summed E-state index contributed by atoms with van der Waals surface area (Å²) in [5.74, 6) is 0.820. The third-order valence-corrected chi connectivity index (χ3v) is 7.28. The Morgan fingerprint density at radius 2 is 1.81 bits per heavy atom. The molecule has 168 valence electrons. The summed E-state index contributed by atoms with van der Waals surface area (Å²) in [5.41, 5.74) is 3.73. The Labute approximate surface area is 191 Å². The van der Waals surface area contributed by atoms with E-state index in [0.29, 0.717) is 10.8 Å². The van der Waals surface area contributed by atoms with E-state index in [4.69, 9.17) is 12.2 Å². The molecule has 0 aliphatic carbocycles. The summed E-state index contributed by atoms with van der Waals surface area (Å²) in [7, 11) is -1.79. The standard InChI is InChI=1S/C23H32N4O2S2/c1-17-12-14-27(15-13-17)21-10-8-19(9-11-21)18(2)24-23(30)25-20-6-5-7-22(16-20)26(3)31(4,28)29/h5-11,16-18H,12-15H2,1-4H3,(H2,24,25,30). The second-order valence-electron chi connectivity index (χ2n) is 8.36. The summed E-state index contributed by atoms with van der Waals surface area (Å²) in [6.07, 6.45) is 3.68. The van der Waals surface area contributed by atoms with Crippen LogP contribution in [0.2, 0.25) is 0 Å². The van der Waals surface area contributed by atoms with Crippen molar-refractivity contribution in [2.24, 2.45) is 5.92 Å². The molecule has 2 N–H and O–H groups in total. The molecular formula is C23H32N4O2S2. The van der Waals surface area contributed by atoms with Crippen molar-refractivity contribution in [2.45, 2.75) is 32.7 Å². The number of anilines is 3. The van der Waals surface area contributed by atoms with E-state index in [1.807, 2.05) is 6.07 Å². The van der Waals surface area contributed by atoms with Crippen LogP contribution >= 0.6 is 12.2 Å². The molecule has 1 saturated heterocycles. The van der Waals surface area contributed by atoms with Gasteiger partial charge in [0.15, 0.2) is 5.11 Å². The highest BCUT2D eigenvalue weighted by molar-refractivity contribution is 7.92. The lowest BCUT2D eigenvalue weighted by atomic mass is 9.98. The molecule has 0 aromatic heterocycles. The molecule has 3 rings (SSSR count). The van der Waals surface area contributed by atoms with Crippen LogP contribution in [0.15, 0.2) is 48.5 Å². The number of hydrogen-bond acceptors (Lipinski definition) is 4. The van der Waals surface area contributed by atoms with Gasteiger partial charge in [0.05, 0.1) is 18.0 Å². The predicted octanol–water partition coefficient (Wildman–Crippen LogP) is 4.37. The Kier molecular flexibility index (Phi) is 7.43. The SMILES string of the molecule is CC1CCN(c2ccc(C(C)NC(=S)Nc3cccc(N(C)S(C)(=O)=O)c3)cc2)CC1. The number of hydrogen-bond donors (Lipinski definition) is 2. The Morgan fingerprint density at radius 3 is 2.42 bits per heavy atom. The molecule has 31 heavy (non-hydrogen) atoms. The highest BCUT2D eigenvalue weighted by Crippen LogP contribution is 2.25. The van der Waals surface area contributed by atoms with Crippen LogP contribution in [0.5, 0.6) is 0 Å². The van der Waals surface area contributed by atoms with Crippen LogP contribution in [0.4, 0.5) is 17.1 Å². The zero-order valence-corrected chi connectivity index (χ0v) is 20.3. The summed E-state index contributed by atoms with van der Waals surface area (Å²) >= 11 is 5.47. The van der Waals surface area contributed by atoms with Crippen molar-refractivity contribution in [1.29, 1.82) is 0 Å². The van der Waals surface area contributed by atoms with Gasteiger partial charge in [-0.3, -0.25) is 4.31 Å². The molecule has 1 aliphatic rings. The number of thiocarbonyl (C=S) groups is 1. The largest absolute Gasteiger partial charge is 0.372 e. The molecule has 1 aliphatic heterocycles. The molecule has 1 fully saturated rings. The van der Waals surface area contributed by atoms with Gasteiger partial charge in [-0.2, -0.15) is 0 Å². The molecule has 0 bridgehead atoms. The van der Waals surface area contributed by atoms with Crippen molar-refractivity contribution in [3.05, 3.63) is 54.1 Å². The highest BCUT2D eigenvalue weighted by Gasteiger charge is 2.17. The van der Waals surface area contributed by atoms with Gasteiger partial charge in [0.25, 0.3) is 0 Å². The fraction of sp³-hybridized carbons (Fsp3) is 0.435. The Balaban J connectivity index is 1.58. The second kappa shape index (κ2) is 9.87. The van der Waals surface area contributed by atoms with Gasteiger partial charge >= 0.3 is 0 Å². The Bertz CT molecular complexity index is 1000. The molecule has 0 saturated carbocycles. The maximum atomic E-state index is 11.8. The number of nitrogens with one attached hydrogen (secondary N) is 2. The van der Waals surface area contributed by atoms with Gasteiger partial charge in [-0.15, -0.1) is 0 Å². The summed E-state index contributed by atoms with van der Waals surface area (Å²) in [6.45, 7) is 6.64. The van der Waals surface area contributed by atoms with E-state index >= 15 is 0 Å². The first kappa shape index (κ1) is 23.3. The van der Waals surface area contributed by atoms with E-state index in [9.17, 15) is 8.42 Å². The first-order valence-corrected chi connectivity index (χ1v) is 12.9. The number of nitrogens with zero attached hydrogens (tertiary/aromatic N) is 2. The van der Waals surface area contributed by atoms with Crippen LogP contribution in [0, 0.1) is 5.92 Å². The fourth-order valence-corrected chi connectivity index (χ4v) is 4.45. The number of piperidine rings is 1. The predicted molar refractivity (Wildman–Crippen MR) is 135 cm³/mol. The lowest BCUT2D eigenvalue weighted by Gasteiger charge is -2.32. The molecule has 1 atom stereocenters. The molecule has 0 radical (unpaired) electrons. The van der Waals surface area contributed by atoms with Crippen molar-refractivity contribution >= 4 is 44.4 Å². The van der Waals surface area contributed by atoms with Crippen molar-refractivity contribution in [2.75, 3.05) is 40.9 Å². The zero-order chi connectivity index (χ0) is 22.6. The highest BCUT2D eigenvalue weighted by atomic mass is 32.2. The molecule has 1 unspecified atom stereocenters. The van der Waals surface area contributed by atoms with Gasteiger partial charge in [0, 0.05) is 31.5 Å². The second-order valence-corrected chi connectivity index (χ2v) is 10.8. The molecule has 2 aromatic carbocycles. The van der Waals surface area contributed by atoms with E-state index in [1.54, 1.807) is 18.2 Å². The summed E-state index contributed by atoms with van der Waals surface area (Å²) in [6, 6.07) is 15.9. The minimum Gasteiger partial charge on any atom is -0.372 e. The summed E-state index contributed by atoms with van der Waals surface area (Å²) in [4.78, 5) is 2.45. The van der Waals surface area contributed by atoms with E-state index < -0.39 is 10.0 Å². The molecule has 0 spiro atoms. The lowest BCUT2D eigenvalue weighted by Crippen LogP contribution is -2.33. The monoisotopic (exact) mass is 460 g/mol. The van der Waals surface area contributed by atoms with Crippen molar-refractivity contribution in [3.63, 3.8) is 0 Å². The van der Waals surface area contributed by atoms with Crippen LogP contribution in [0.1, 0.15) is 38.3 Å². The van der Waals surface area contributed by atoms with E-state index in [0.717, 1.165) is 30.3 Å². The average Bonchev–Trinajstić information content (AvgIpc) is 2.73. The van der Waals surface area contributed by atoms with Crippen LogP contribution < -0.4 is 19.8 Å². The van der Waals surface area contributed by atoms with Crippen LogP contribution in [-0.2, 0) is 10.0 Å². The maximum absolute atomic E-state index is 11.8. The first-order valence-electron chi connectivity index (χ1n) is 10.6. The van der Waals surface area contributed by atoms with Gasteiger partial charge in [0.2, 0.25) is 10.0 Å². The number of rotatable bonds is 6. The minimum absolute atomic E-state index is 0.0392. The fourth-order valence-electron chi connectivity index (χ4n) is 3.66. The third-order valence-electron chi connectivity index (χ3n) is 5.85. The van der Waals surface area contributed by atoms with Gasteiger partial charge in [0.1, 0.15) is 0 Å². The summed E-state index contributed by atoms with van der Waals surface area (Å²) < 4.78 is 24.8. The molecule has 0 amide bonds. The van der Waals surface area contributed by atoms with E-state index in [-0.39, 0.29) is 6.04 Å². The average molecular weight is 461 g/mol. The van der Waals surface area contributed by atoms with Crippen LogP contribution in [0.3, 0.4) is 0 Å². The Morgan fingerprint density at radius 1 is 1.16 bits per heavy atom. The lowest BCUT2D eigenvalue weighted by molar-refractivity contribution is 0.438. The van der Waals surface area contributed by atoms with Crippen molar-refractivity contribution in [3.8, 4) is 0 Å². The quantitative estimate of drug-likeness (QED) is 0.624. The minimum atomic E-state index is -3.32. The molecular weight excluding hydrogens is 428 g/mol. The molecule has 2 aromatic rings. The summed E-state index contributed by atoms with van der Waals surface area (Å²) in [5, 5.41) is 6.94. The molecule has 1 heterocycles. The van der Waals surface area contributed by atoms with Crippen LogP contribution in [0.25, 0.3) is 0 Å². The zero-order valence-electron chi connectivity index (χ0n) is 18.6. The van der Waals surface area contributed by atoms with E-state index in [2.05, 4.69) is 53.6 Å².